The third kappa shape index (κ3) is 3.66. The molecule has 1 fully saturated rings. The predicted molar refractivity (Wildman–Crippen MR) is 81.5 cm³/mol. The molecule has 1 aliphatic heterocycles. The lowest BCUT2D eigenvalue weighted by atomic mass is 9.80. The summed E-state index contributed by atoms with van der Waals surface area (Å²) in [6, 6.07) is 7.74. The zero-order valence-corrected chi connectivity index (χ0v) is 13.0. The van der Waals surface area contributed by atoms with Crippen LogP contribution in [0.3, 0.4) is 0 Å². The first-order valence-corrected chi connectivity index (χ1v) is 7.68. The predicted octanol–water partition coefficient (Wildman–Crippen LogP) is 3.16. The normalized spacial score (nSPS) is 23.6. The molecule has 2 unspecified atom stereocenters. The van der Waals surface area contributed by atoms with Crippen molar-refractivity contribution in [3.05, 3.63) is 34.9 Å². The largest absolute Gasteiger partial charge is 0.469 e. The van der Waals surface area contributed by atoms with E-state index in [2.05, 4.69) is 4.90 Å². The second-order valence-electron chi connectivity index (χ2n) is 5.07. The van der Waals surface area contributed by atoms with E-state index in [1.54, 1.807) is 0 Å². The van der Waals surface area contributed by atoms with Gasteiger partial charge in [-0.05, 0) is 36.6 Å². The van der Waals surface area contributed by atoms with Crippen LogP contribution in [0, 0.1) is 5.92 Å². The number of methoxy groups -OCH3 is 1. The van der Waals surface area contributed by atoms with Crippen molar-refractivity contribution in [1.29, 1.82) is 0 Å². The molecule has 1 aromatic carbocycles. The highest BCUT2D eigenvalue weighted by Gasteiger charge is 2.35. The number of benzene rings is 1. The van der Waals surface area contributed by atoms with Gasteiger partial charge in [0, 0.05) is 24.0 Å². The highest BCUT2D eigenvalue weighted by atomic mass is 35.5. The topological polar surface area (TPSA) is 29.5 Å². The summed E-state index contributed by atoms with van der Waals surface area (Å²) in [5.41, 5.74) is 1.15. The van der Waals surface area contributed by atoms with Crippen LogP contribution in [0.2, 0.25) is 5.02 Å². The van der Waals surface area contributed by atoms with Gasteiger partial charge in [-0.25, -0.2) is 0 Å². The van der Waals surface area contributed by atoms with Crippen molar-refractivity contribution < 1.29 is 9.53 Å². The summed E-state index contributed by atoms with van der Waals surface area (Å²) in [4.78, 5) is 14.3. The maximum Gasteiger partial charge on any atom is 0.310 e. The van der Waals surface area contributed by atoms with E-state index in [0.717, 1.165) is 25.1 Å². The minimum Gasteiger partial charge on any atom is -0.469 e. The number of nitrogens with zero attached hydrogens (tertiary/aromatic N) is 1. The van der Waals surface area contributed by atoms with E-state index in [-0.39, 0.29) is 17.8 Å². The van der Waals surface area contributed by atoms with Crippen LogP contribution >= 0.6 is 23.2 Å². The fourth-order valence-corrected chi connectivity index (χ4v) is 3.21. The number of esters is 1. The van der Waals surface area contributed by atoms with Gasteiger partial charge in [-0.1, -0.05) is 23.7 Å². The van der Waals surface area contributed by atoms with Gasteiger partial charge >= 0.3 is 5.97 Å². The fourth-order valence-electron chi connectivity index (χ4n) is 2.84. The number of halogens is 2. The maximum atomic E-state index is 12.1. The van der Waals surface area contributed by atoms with E-state index in [9.17, 15) is 4.79 Å². The van der Waals surface area contributed by atoms with Gasteiger partial charge in [0.25, 0.3) is 0 Å². The van der Waals surface area contributed by atoms with Gasteiger partial charge in [0.1, 0.15) is 0 Å². The summed E-state index contributed by atoms with van der Waals surface area (Å²) >= 11 is 11.7. The highest BCUT2D eigenvalue weighted by Crippen LogP contribution is 2.34. The Morgan fingerprint density at radius 2 is 2.10 bits per heavy atom. The lowest BCUT2D eigenvalue weighted by molar-refractivity contribution is -0.148. The maximum absolute atomic E-state index is 12.1. The minimum absolute atomic E-state index is 0.141. The van der Waals surface area contributed by atoms with E-state index in [1.165, 1.54) is 7.11 Å². The number of piperidine rings is 1. The quantitative estimate of drug-likeness (QED) is 0.631. The number of hydrogen-bond donors (Lipinski definition) is 0. The van der Waals surface area contributed by atoms with E-state index < -0.39 is 0 Å². The Hall–Kier alpha value is -0.770. The van der Waals surface area contributed by atoms with Gasteiger partial charge in [0.2, 0.25) is 0 Å². The van der Waals surface area contributed by atoms with Crippen LogP contribution in [0.4, 0.5) is 0 Å². The summed E-state index contributed by atoms with van der Waals surface area (Å²) in [5, 5.41) is 0.711. The Balaban J connectivity index is 2.17. The van der Waals surface area contributed by atoms with Gasteiger partial charge in [-0.15, -0.1) is 11.6 Å². The number of carbonyl (C=O) groups is 1. The van der Waals surface area contributed by atoms with Gasteiger partial charge < -0.3 is 9.64 Å². The van der Waals surface area contributed by atoms with Gasteiger partial charge in [0.05, 0.1) is 13.0 Å². The third-order valence-corrected chi connectivity index (χ3v) is 4.32. The lowest BCUT2D eigenvalue weighted by Crippen LogP contribution is -2.44. The van der Waals surface area contributed by atoms with Crippen LogP contribution in [0.15, 0.2) is 24.3 Å². The Kier molecular flexibility index (Phi) is 5.70. The molecule has 20 heavy (non-hydrogen) atoms. The molecule has 1 heterocycles. The third-order valence-electron chi connectivity index (χ3n) is 3.90. The second kappa shape index (κ2) is 7.30. The summed E-state index contributed by atoms with van der Waals surface area (Å²) < 4.78 is 4.97. The number of likely N-dealkylation sites (tertiary alicyclic amines) is 1. The molecule has 110 valence electrons. The van der Waals surface area contributed by atoms with Gasteiger partial charge in [0.15, 0.2) is 0 Å². The lowest BCUT2D eigenvalue weighted by Gasteiger charge is -2.37. The summed E-state index contributed by atoms with van der Waals surface area (Å²) in [6.45, 7) is 2.46. The molecule has 2 rings (SSSR count). The number of hydrogen-bond acceptors (Lipinski definition) is 3. The summed E-state index contributed by atoms with van der Waals surface area (Å²) in [7, 11) is 1.45. The van der Waals surface area contributed by atoms with Crippen molar-refractivity contribution >= 4 is 29.2 Å². The summed E-state index contributed by atoms with van der Waals surface area (Å²) in [6.07, 6.45) is 0.929. The first-order valence-electron chi connectivity index (χ1n) is 6.77. The van der Waals surface area contributed by atoms with E-state index in [4.69, 9.17) is 27.9 Å². The molecule has 1 saturated heterocycles. The second-order valence-corrected chi connectivity index (χ2v) is 5.88. The van der Waals surface area contributed by atoms with E-state index in [0.29, 0.717) is 17.4 Å². The van der Waals surface area contributed by atoms with Crippen LogP contribution < -0.4 is 0 Å². The van der Waals surface area contributed by atoms with Crippen molar-refractivity contribution in [2.75, 3.05) is 32.6 Å². The summed E-state index contributed by atoms with van der Waals surface area (Å²) in [5.74, 6) is 0.480. The van der Waals surface area contributed by atoms with Crippen molar-refractivity contribution in [2.45, 2.75) is 12.3 Å². The van der Waals surface area contributed by atoms with Crippen molar-refractivity contribution in [3.63, 3.8) is 0 Å². The van der Waals surface area contributed by atoms with E-state index >= 15 is 0 Å². The highest BCUT2D eigenvalue weighted by molar-refractivity contribution is 6.30. The first kappa shape index (κ1) is 15.6. The van der Waals surface area contributed by atoms with Crippen LogP contribution in [0.5, 0.6) is 0 Å². The number of ether oxygens (including phenoxy) is 1. The Morgan fingerprint density at radius 3 is 2.70 bits per heavy atom. The van der Waals surface area contributed by atoms with Crippen LogP contribution in [-0.2, 0) is 9.53 Å². The molecule has 0 bridgehead atoms. The molecule has 0 aromatic heterocycles. The van der Waals surface area contributed by atoms with Gasteiger partial charge in [-0.3, -0.25) is 4.79 Å². The van der Waals surface area contributed by atoms with Crippen LogP contribution in [0.1, 0.15) is 17.9 Å². The van der Waals surface area contributed by atoms with E-state index in [1.807, 2.05) is 24.3 Å². The number of rotatable bonds is 4. The number of alkyl halides is 1. The molecule has 0 N–H and O–H groups in total. The Bertz CT molecular complexity index is 450. The molecule has 3 nitrogen and oxygen atoms in total. The van der Waals surface area contributed by atoms with Crippen molar-refractivity contribution in [2.24, 2.45) is 5.92 Å². The molecule has 2 atom stereocenters. The average Bonchev–Trinajstić information content (AvgIpc) is 2.48. The van der Waals surface area contributed by atoms with Crippen LogP contribution in [0.25, 0.3) is 0 Å². The molecule has 0 aliphatic carbocycles. The smallest absolute Gasteiger partial charge is 0.310 e. The van der Waals surface area contributed by atoms with Crippen molar-refractivity contribution in [3.8, 4) is 0 Å². The SMILES string of the molecule is COC(=O)C1CN(CCCl)CCC1c1ccc(Cl)cc1. The Labute approximate surface area is 129 Å². The minimum atomic E-state index is -0.149. The Morgan fingerprint density at radius 1 is 1.40 bits per heavy atom. The van der Waals surface area contributed by atoms with Crippen molar-refractivity contribution in [1.82, 2.24) is 4.90 Å². The molecule has 1 aliphatic rings. The fraction of sp³-hybridized carbons (Fsp3) is 0.533. The molecule has 0 amide bonds. The molecule has 0 radical (unpaired) electrons. The zero-order chi connectivity index (χ0) is 14.5. The molecule has 0 saturated carbocycles. The molecular formula is C15H19Cl2NO2. The number of carbonyl (C=O) groups excluding carboxylic acids is 1. The average molecular weight is 316 g/mol. The van der Waals surface area contributed by atoms with Gasteiger partial charge in [-0.2, -0.15) is 0 Å². The van der Waals surface area contributed by atoms with Crippen LogP contribution in [-0.4, -0.2) is 43.5 Å². The molecular weight excluding hydrogens is 297 g/mol. The monoisotopic (exact) mass is 315 g/mol. The first-order chi connectivity index (χ1) is 9.65. The standard InChI is InChI=1S/C15H19Cl2NO2/c1-20-15(19)14-10-18(9-7-16)8-6-13(14)11-2-4-12(17)5-3-11/h2-5,13-14H,6-10H2,1H3. The zero-order valence-electron chi connectivity index (χ0n) is 11.5. The molecule has 1 aromatic rings. The molecule has 0 spiro atoms. The molecule has 5 heteroatoms.